The lowest BCUT2D eigenvalue weighted by atomic mass is 9.88. The second-order valence-corrected chi connectivity index (χ2v) is 13.8. The molecule has 4 amide bonds. The molecule has 2 N–H and O–H groups in total. The monoisotopic (exact) mass is 626 g/mol. The number of nitrogens with zero attached hydrogens (tertiary/aromatic N) is 4. The smallest absolute Gasteiger partial charge is 0.318 e. The van der Waals surface area contributed by atoms with Crippen molar-refractivity contribution in [1.82, 2.24) is 25.3 Å². The normalized spacial score (nSPS) is 21.5. The molecule has 0 saturated carbocycles. The summed E-state index contributed by atoms with van der Waals surface area (Å²) >= 11 is 1.67. The number of fused-ring (bicyclic) bond motifs is 1. The number of likely N-dealkylation sites (tertiary alicyclic amines) is 3. The first-order valence-electron chi connectivity index (χ1n) is 16.5. The first kappa shape index (κ1) is 29.9. The SMILES string of the molecule is O=C(N[C@H](Cc1csc2ccccc12)C(=O)N1CCC(N2CCCCC2)CC1)N1CCC2(CC1)N=C(c1ccccc1)NC2=O. The molecule has 0 aliphatic carbocycles. The van der Waals surface area contributed by atoms with E-state index < -0.39 is 11.6 Å². The van der Waals surface area contributed by atoms with Crippen molar-refractivity contribution in [1.29, 1.82) is 0 Å². The highest BCUT2D eigenvalue weighted by Crippen LogP contribution is 2.32. The van der Waals surface area contributed by atoms with E-state index in [9.17, 15) is 14.4 Å². The first-order valence-corrected chi connectivity index (χ1v) is 17.4. The Labute approximate surface area is 268 Å². The Morgan fingerprint density at radius 2 is 1.62 bits per heavy atom. The minimum atomic E-state index is -0.856. The summed E-state index contributed by atoms with van der Waals surface area (Å²) in [5.41, 5.74) is 1.11. The van der Waals surface area contributed by atoms with E-state index in [0.29, 0.717) is 44.2 Å². The van der Waals surface area contributed by atoms with Gasteiger partial charge in [0.2, 0.25) is 5.91 Å². The number of aliphatic imine (C=N–C) groups is 1. The van der Waals surface area contributed by atoms with Crippen molar-refractivity contribution in [3.8, 4) is 0 Å². The van der Waals surface area contributed by atoms with Crippen LogP contribution in [-0.4, -0.2) is 95.3 Å². The van der Waals surface area contributed by atoms with Gasteiger partial charge < -0.3 is 25.3 Å². The number of carbonyl (C=O) groups excluding carboxylic acids is 3. The number of urea groups is 1. The van der Waals surface area contributed by atoms with Gasteiger partial charge in [0.15, 0.2) is 0 Å². The van der Waals surface area contributed by atoms with Crippen LogP contribution < -0.4 is 10.6 Å². The van der Waals surface area contributed by atoms with E-state index in [0.717, 1.165) is 42.4 Å². The van der Waals surface area contributed by atoms with Gasteiger partial charge in [0.1, 0.15) is 17.4 Å². The number of piperidine rings is 3. The number of carbonyl (C=O) groups is 3. The molecule has 0 unspecified atom stereocenters. The fourth-order valence-corrected chi connectivity index (χ4v) is 8.45. The van der Waals surface area contributed by atoms with E-state index >= 15 is 0 Å². The number of hydrogen-bond acceptors (Lipinski definition) is 6. The summed E-state index contributed by atoms with van der Waals surface area (Å²) in [7, 11) is 0. The van der Waals surface area contributed by atoms with Crippen molar-refractivity contribution in [3.63, 3.8) is 0 Å². The van der Waals surface area contributed by atoms with Crippen molar-refractivity contribution in [3.05, 3.63) is 71.1 Å². The van der Waals surface area contributed by atoms with Gasteiger partial charge in [0.25, 0.3) is 5.91 Å². The van der Waals surface area contributed by atoms with Crippen molar-refractivity contribution in [2.45, 2.75) is 69.0 Å². The van der Waals surface area contributed by atoms with Crippen LogP contribution in [0.1, 0.15) is 56.1 Å². The molecule has 3 saturated heterocycles. The van der Waals surface area contributed by atoms with Crippen LogP contribution in [-0.2, 0) is 16.0 Å². The maximum absolute atomic E-state index is 14.1. The second-order valence-electron chi connectivity index (χ2n) is 12.9. The molecule has 0 radical (unpaired) electrons. The quantitative estimate of drug-likeness (QED) is 0.424. The van der Waals surface area contributed by atoms with Gasteiger partial charge in [-0.2, -0.15) is 0 Å². The number of nitrogens with one attached hydrogen (secondary N) is 2. The van der Waals surface area contributed by atoms with Gasteiger partial charge in [0, 0.05) is 48.9 Å². The highest BCUT2D eigenvalue weighted by Gasteiger charge is 2.47. The fourth-order valence-electron chi connectivity index (χ4n) is 7.47. The van der Waals surface area contributed by atoms with Crippen LogP contribution in [0.5, 0.6) is 0 Å². The summed E-state index contributed by atoms with van der Waals surface area (Å²) in [6.07, 6.45) is 7.16. The molecule has 7 rings (SSSR count). The molecule has 10 heteroatoms. The second kappa shape index (κ2) is 12.9. The predicted molar refractivity (Wildman–Crippen MR) is 178 cm³/mol. The Morgan fingerprint density at radius 1 is 0.911 bits per heavy atom. The molecule has 1 aromatic heterocycles. The van der Waals surface area contributed by atoms with E-state index in [1.54, 1.807) is 16.2 Å². The van der Waals surface area contributed by atoms with E-state index in [-0.39, 0.29) is 17.8 Å². The van der Waals surface area contributed by atoms with Crippen LogP contribution in [0.15, 0.2) is 65.0 Å². The van der Waals surface area contributed by atoms with Gasteiger partial charge in [-0.05, 0) is 74.0 Å². The lowest BCUT2D eigenvalue weighted by Crippen LogP contribution is -2.58. The molecular formula is C35H42N6O3S. The number of amides is 4. The molecule has 4 aliphatic rings. The third-order valence-electron chi connectivity index (χ3n) is 10.2. The Bertz CT molecular complexity index is 1570. The number of benzene rings is 2. The minimum absolute atomic E-state index is 0.00326. The van der Waals surface area contributed by atoms with E-state index in [2.05, 4.69) is 33.0 Å². The van der Waals surface area contributed by atoms with Crippen molar-refractivity contribution in [2.24, 2.45) is 4.99 Å². The Morgan fingerprint density at radius 3 is 2.38 bits per heavy atom. The van der Waals surface area contributed by atoms with Gasteiger partial charge in [-0.15, -0.1) is 11.3 Å². The molecule has 4 aliphatic heterocycles. The Kier molecular flexibility index (Phi) is 8.59. The molecular weight excluding hydrogens is 584 g/mol. The van der Waals surface area contributed by atoms with Crippen LogP contribution in [0.2, 0.25) is 0 Å². The molecule has 1 atom stereocenters. The average molecular weight is 627 g/mol. The minimum Gasteiger partial charge on any atom is -0.341 e. The summed E-state index contributed by atoms with van der Waals surface area (Å²) in [4.78, 5) is 52.0. The lowest BCUT2D eigenvalue weighted by Gasteiger charge is -2.41. The summed E-state index contributed by atoms with van der Waals surface area (Å²) in [5.74, 6) is 0.486. The molecule has 3 aromatic rings. The third kappa shape index (κ3) is 6.22. The van der Waals surface area contributed by atoms with Crippen LogP contribution in [0, 0.1) is 0 Å². The highest BCUT2D eigenvalue weighted by molar-refractivity contribution is 7.17. The molecule has 0 bridgehead atoms. The zero-order valence-corrected chi connectivity index (χ0v) is 26.6. The number of rotatable bonds is 6. The zero-order valence-electron chi connectivity index (χ0n) is 25.7. The lowest BCUT2D eigenvalue weighted by molar-refractivity contribution is -0.134. The fraction of sp³-hybridized carbons (Fsp3) is 0.486. The van der Waals surface area contributed by atoms with Crippen molar-refractivity contribution in [2.75, 3.05) is 39.3 Å². The molecule has 3 fully saturated rings. The van der Waals surface area contributed by atoms with Crippen LogP contribution in [0.3, 0.4) is 0 Å². The van der Waals surface area contributed by atoms with E-state index in [1.165, 1.54) is 37.1 Å². The standard InChI is InChI=1S/C35H42N6O3S/c42-32(40-19-13-27(14-20-40)39-17-7-2-8-18-39)29(23-26-24-45-30-12-6-5-11-28(26)30)36-34(44)41-21-15-35(16-22-41)33(43)37-31(38-35)25-9-3-1-4-10-25/h1,3-6,9-12,24,27,29H,2,7-8,13-23H2,(H,36,44)(H,37,38,43)/t29-/m1/s1. The Hall–Kier alpha value is -3.76. The number of hydrogen-bond donors (Lipinski definition) is 2. The van der Waals surface area contributed by atoms with Crippen molar-refractivity contribution >= 4 is 45.1 Å². The summed E-state index contributed by atoms with van der Waals surface area (Å²) in [5, 5.41) is 9.35. The molecule has 45 heavy (non-hydrogen) atoms. The van der Waals surface area contributed by atoms with Gasteiger partial charge in [-0.25, -0.2) is 4.79 Å². The molecule has 9 nitrogen and oxygen atoms in total. The van der Waals surface area contributed by atoms with Gasteiger partial charge in [0.05, 0.1) is 0 Å². The highest BCUT2D eigenvalue weighted by atomic mass is 32.1. The summed E-state index contributed by atoms with van der Waals surface area (Å²) in [6.45, 7) is 4.57. The summed E-state index contributed by atoms with van der Waals surface area (Å²) < 4.78 is 1.18. The average Bonchev–Trinajstić information content (AvgIpc) is 3.65. The maximum Gasteiger partial charge on any atom is 0.318 e. The van der Waals surface area contributed by atoms with Gasteiger partial charge in [-0.3, -0.25) is 14.6 Å². The third-order valence-corrected chi connectivity index (χ3v) is 11.2. The van der Waals surface area contributed by atoms with E-state index in [4.69, 9.17) is 4.99 Å². The number of amidine groups is 1. The topological polar surface area (TPSA) is 97.3 Å². The van der Waals surface area contributed by atoms with Crippen LogP contribution >= 0.6 is 11.3 Å². The van der Waals surface area contributed by atoms with Crippen LogP contribution in [0.4, 0.5) is 4.79 Å². The predicted octanol–water partition coefficient (Wildman–Crippen LogP) is 4.41. The largest absolute Gasteiger partial charge is 0.341 e. The number of thiophene rings is 1. The van der Waals surface area contributed by atoms with Gasteiger partial charge in [-0.1, -0.05) is 55.0 Å². The maximum atomic E-state index is 14.1. The first-order chi connectivity index (χ1) is 22.0. The Balaban J connectivity index is 1.03. The van der Waals surface area contributed by atoms with Crippen molar-refractivity contribution < 1.29 is 14.4 Å². The summed E-state index contributed by atoms with van der Waals surface area (Å²) in [6, 6.07) is 17.5. The zero-order chi connectivity index (χ0) is 30.8. The molecule has 1 spiro atoms. The molecule has 236 valence electrons. The molecule has 5 heterocycles. The van der Waals surface area contributed by atoms with E-state index in [1.807, 2.05) is 47.4 Å². The van der Waals surface area contributed by atoms with Gasteiger partial charge >= 0.3 is 6.03 Å². The molecule has 2 aromatic carbocycles. The van der Waals surface area contributed by atoms with Crippen LogP contribution in [0.25, 0.3) is 10.1 Å².